The van der Waals surface area contributed by atoms with Gasteiger partial charge in [0.05, 0.1) is 12.5 Å². The zero-order valence-electron chi connectivity index (χ0n) is 17.3. The summed E-state index contributed by atoms with van der Waals surface area (Å²) in [5, 5.41) is 3.74. The Bertz CT molecular complexity index is 1190. The van der Waals surface area contributed by atoms with Crippen LogP contribution in [0.3, 0.4) is 0 Å². The van der Waals surface area contributed by atoms with Crippen LogP contribution in [0.25, 0.3) is 11.1 Å². The molecule has 1 saturated carbocycles. The minimum atomic E-state index is -0.528. The highest BCUT2D eigenvalue weighted by Crippen LogP contribution is 2.51. The quantitative estimate of drug-likeness (QED) is 0.556. The molecule has 0 atom stereocenters. The molecule has 0 aromatic heterocycles. The lowest BCUT2D eigenvalue weighted by Gasteiger charge is -2.18. The molecule has 1 amide bonds. The predicted molar refractivity (Wildman–Crippen MR) is 120 cm³/mol. The van der Waals surface area contributed by atoms with Crippen molar-refractivity contribution in [2.45, 2.75) is 25.2 Å². The van der Waals surface area contributed by atoms with E-state index in [1.165, 1.54) is 0 Å². The number of amides is 1. The van der Waals surface area contributed by atoms with E-state index in [-0.39, 0.29) is 12.7 Å². The van der Waals surface area contributed by atoms with Crippen molar-refractivity contribution in [1.82, 2.24) is 0 Å². The van der Waals surface area contributed by atoms with Crippen LogP contribution in [0.4, 0.5) is 5.69 Å². The molecular formula is C25H22ClNO4. The summed E-state index contributed by atoms with van der Waals surface area (Å²) in [6.45, 7) is 2.24. The fraction of sp³-hybridized carbons (Fsp3) is 0.240. The number of nitrogens with one attached hydrogen (secondary N) is 1. The molecule has 1 N–H and O–H groups in total. The summed E-state index contributed by atoms with van der Waals surface area (Å²) in [7, 11) is 1.63. The highest BCUT2D eigenvalue weighted by atomic mass is 35.5. The average Bonchev–Trinajstić information content (AvgIpc) is 3.46. The van der Waals surface area contributed by atoms with Crippen molar-refractivity contribution < 1.29 is 19.0 Å². The first kappa shape index (κ1) is 19.8. The van der Waals surface area contributed by atoms with Crippen LogP contribution < -0.4 is 19.5 Å². The Morgan fingerprint density at radius 1 is 1.00 bits per heavy atom. The van der Waals surface area contributed by atoms with Crippen LogP contribution in [0.1, 0.15) is 24.0 Å². The summed E-state index contributed by atoms with van der Waals surface area (Å²) < 4.78 is 16.2. The molecule has 0 spiro atoms. The third-order valence-corrected chi connectivity index (χ3v) is 6.40. The number of rotatable bonds is 5. The monoisotopic (exact) mass is 435 g/mol. The number of aryl methyl sites for hydroxylation is 1. The predicted octanol–water partition coefficient (Wildman–Crippen LogP) is 5.72. The Morgan fingerprint density at radius 2 is 1.81 bits per heavy atom. The van der Waals surface area contributed by atoms with Crippen molar-refractivity contribution >= 4 is 23.2 Å². The first-order valence-electron chi connectivity index (χ1n) is 10.2. The van der Waals surface area contributed by atoms with E-state index in [1.54, 1.807) is 7.11 Å². The van der Waals surface area contributed by atoms with E-state index in [4.69, 9.17) is 25.8 Å². The summed E-state index contributed by atoms with van der Waals surface area (Å²) in [5.41, 5.74) is 4.04. The van der Waals surface area contributed by atoms with Gasteiger partial charge in [0.25, 0.3) is 0 Å². The van der Waals surface area contributed by atoms with Crippen molar-refractivity contribution in [1.29, 1.82) is 0 Å². The van der Waals surface area contributed by atoms with Gasteiger partial charge in [-0.2, -0.15) is 0 Å². The zero-order valence-corrected chi connectivity index (χ0v) is 18.1. The molecule has 0 saturated heterocycles. The first-order chi connectivity index (χ1) is 15.0. The number of hydrogen-bond acceptors (Lipinski definition) is 4. The van der Waals surface area contributed by atoms with E-state index in [1.807, 2.05) is 61.5 Å². The van der Waals surface area contributed by atoms with E-state index in [9.17, 15) is 4.79 Å². The standard InChI is InChI=1S/C25H22ClNO4/c1-15-3-5-17(12-19(15)20-13-18(29-2)6-7-21(20)26)27-24(28)25(9-10-25)16-4-8-22-23(11-16)31-14-30-22/h3-8,11-13H,9-10,14H2,1-2H3,(H,27,28). The maximum Gasteiger partial charge on any atom is 0.235 e. The van der Waals surface area contributed by atoms with Gasteiger partial charge in [-0.15, -0.1) is 0 Å². The Kier molecular flexibility index (Phi) is 4.78. The smallest absolute Gasteiger partial charge is 0.235 e. The highest BCUT2D eigenvalue weighted by Gasteiger charge is 2.51. The van der Waals surface area contributed by atoms with Gasteiger partial charge in [-0.25, -0.2) is 0 Å². The third-order valence-electron chi connectivity index (χ3n) is 6.07. The van der Waals surface area contributed by atoms with Crippen LogP contribution in [-0.2, 0) is 10.2 Å². The number of hydrogen-bond donors (Lipinski definition) is 1. The number of benzene rings is 3. The van der Waals surface area contributed by atoms with Crippen LogP contribution in [0.2, 0.25) is 5.02 Å². The molecule has 6 heteroatoms. The number of anilines is 1. The highest BCUT2D eigenvalue weighted by molar-refractivity contribution is 6.33. The van der Waals surface area contributed by atoms with Gasteiger partial charge in [-0.1, -0.05) is 23.7 Å². The summed E-state index contributed by atoms with van der Waals surface area (Å²) in [4.78, 5) is 13.3. The van der Waals surface area contributed by atoms with Crippen LogP contribution in [0, 0.1) is 6.92 Å². The molecule has 1 aliphatic carbocycles. The molecule has 3 aromatic rings. The SMILES string of the molecule is COc1ccc(Cl)c(-c2cc(NC(=O)C3(c4ccc5c(c4)OCO5)CC3)ccc2C)c1. The Hall–Kier alpha value is -3.18. The minimum absolute atomic E-state index is 0.0158. The molecule has 1 heterocycles. The summed E-state index contributed by atoms with van der Waals surface area (Å²) in [5.74, 6) is 2.13. The maximum atomic E-state index is 13.3. The molecule has 0 bridgehead atoms. The molecule has 3 aromatic carbocycles. The van der Waals surface area contributed by atoms with Crippen LogP contribution in [-0.4, -0.2) is 19.8 Å². The third kappa shape index (κ3) is 3.49. The minimum Gasteiger partial charge on any atom is -0.497 e. The van der Waals surface area contributed by atoms with Gasteiger partial charge in [-0.3, -0.25) is 4.79 Å². The summed E-state index contributed by atoms with van der Waals surface area (Å²) in [6.07, 6.45) is 1.61. The lowest BCUT2D eigenvalue weighted by atomic mass is 9.94. The zero-order chi connectivity index (χ0) is 21.6. The molecule has 31 heavy (non-hydrogen) atoms. The fourth-order valence-electron chi connectivity index (χ4n) is 4.04. The molecule has 1 fully saturated rings. The first-order valence-corrected chi connectivity index (χ1v) is 10.5. The number of halogens is 1. The van der Waals surface area contributed by atoms with Gasteiger partial charge in [0.15, 0.2) is 11.5 Å². The van der Waals surface area contributed by atoms with Crippen LogP contribution in [0.15, 0.2) is 54.6 Å². The second kappa shape index (κ2) is 7.50. The van der Waals surface area contributed by atoms with Crippen LogP contribution in [0.5, 0.6) is 17.2 Å². The topological polar surface area (TPSA) is 56.8 Å². The van der Waals surface area contributed by atoms with Gasteiger partial charge in [-0.05, 0) is 78.9 Å². The number of carbonyl (C=O) groups is 1. The molecule has 0 unspecified atom stereocenters. The fourth-order valence-corrected chi connectivity index (χ4v) is 4.26. The van der Waals surface area contributed by atoms with Gasteiger partial charge in [0, 0.05) is 16.3 Å². The van der Waals surface area contributed by atoms with Gasteiger partial charge in [0.2, 0.25) is 12.7 Å². The van der Waals surface area contributed by atoms with Crippen molar-refractivity contribution in [3.05, 3.63) is 70.7 Å². The Labute approximate surface area is 185 Å². The van der Waals surface area contributed by atoms with Gasteiger partial charge in [0.1, 0.15) is 5.75 Å². The van der Waals surface area contributed by atoms with Crippen molar-refractivity contribution in [2.75, 3.05) is 19.2 Å². The van der Waals surface area contributed by atoms with E-state index >= 15 is 0 Å². The number of ether oxygens (including phenoxy) is 3. The second-order valence-electron chi connectivity index (χ2n) is 7.98. The molecule has 158 valence electrons. The number of carbonyl (C=O) groups excluding carboxylic acids is 1. The maximum absolute atomic E-state index is 13.3. The van der Waals surface area contributed by atoms with E-state index in [2.05, 4.69) is 5.32 Å². The summed E-state index contributed by atoms with van der Waals surface area (Å²) in [6, 6.07) is 17.2. The van der Waals surface area contributed by atoms with Crippen molar-refractivity contribution in [3.63, 3.8) is 0 Å². The Morgan fingerprint density at radius 3 is 2.58 bits per heavy atom. The molecule has 2 aliphatic rings. The van der Waals surface area contributed by atoms with Gasteiger partial charge < -0.3 is 19.5 Å². The number of methoxy groups -OCH3 is 1. The van der Waals surface area contributed by atoms with E-state index < -0.39 is 5.41 Å². The molecule has 5 rings (SSSR count). The van der Waals surface area contributed by atoms with E-state index in [0.717, 1.165) is 52.3 Å². The van der Waals surface area contributed by atoms with E-state index in [0.29, 0.717) is 10.8 Å². The summed E-state index contributed by atoms with van der Waals surface area (Å²) >= 11 is 6.46. The number of fused-ring (bicyclic) bond motifs is 1. The van der Waals surface area contributed by atoms with Crippen LogP contribution >= 0.6 is 11.6 Å². The lowest BCUT2D eigenvalue weighted by molar-refractivity contribution is -0.118. The molecule has 5 nitrogen and oxygen atoms in total. The van der Waals surface area contributed by atoms with Gasteiger partial charge >= 0.3 is 0 Å². The molecular weight excluding hydrogens is 414 g/mol. The average molecular weight is 436 g/mol. The Balaban J connectivity index is 1.43. The second-order valence-corrected chi connectivity index (χ2v) is 8.39. The molecule has 0 radical (unpaired) electrons. The largest absolute Gasteiger partial charge is 0.497 e. The van der Waals surface area contributed by atoms with Crippen molar-refractivity contribution in [2.24, 2.45) is 0 Å². The molecule has 1 aliphatic heterocycles. The lowest BCUT2D eigenvalue weighted by Crippen LogP contribution is -2.27. The van der Waals surface area contributed by atoms with Crippen molar-refractivity contribution in [3.8, 4) is 28.4 Å². The normalized spacial score (nSPS) is 15.5.